The summed E-state index contributed by atoms with van der Waals surface area (Å²) in [6.07, 6.45) is 6.28. The van der Waals surface area contributed by atoms with E-state index in [4.69, 9.17) is 14.5 Å². The second-order valence-electron chi connectivity index (χ2n) is 6.74. The highest BCUT2D eigenvalue weighted by molar-refractivity contribution is 5.46. The molecule has 0 aromatic carbocycles. The van der Waals surface area contributed by atoms with Crippen molar-refractivity contribution in [1.29, 1.82) is 0 Å². The Morgan fingerprint density at radius 2 is 1.85 bits per heavy atom. The lowest BCUT2D eigenvalue weighted by molar-refractivity contribution is 0.122. The fourth-order valence-corrected chi connectivity index (χ4v) is 3.46. The van der Waals surface area contributed by atoms with E-state index in [0.29, 0.717) is 11.8 Å². The third-order valence-electron chi connectivity index (χ3n) is 5.13. The zero-order valence-corrected chi connectivity index (χ0v) is 15.8. The number of rotatable bonds is 5. The van der Waals surface area contributed by atoms with E-state index in [1.165, 1.54) is 0 Å². The smallest absolute Gasteiger partial charge is 0.227 e. The number of morpholine rings is 1. The number of aromatic nitrogens is 4. The lowest BCUT2D eigenvalue weighted by Crippen LogP contribution is -2.38. The van der Waals surface area contributed by atoms with Crippen molar-refractivity contribution in [3.63, 3.8) is 0 Å². The van der Waals surface area contributed by atoms with Crippen LogP contribution in [0.2, 0.25) is 0 Å². The van der Waals surface area contributed by atoms with Crippen molar-refractivity contribution in [2.45, 2.75) is 12.5 Å². The Labute approximate surface area is 159 Å². The van der Waals surface area contributed by atoms with Gasteiger partial charge in [-0.25, -0.2) is 15.0 Å². The summed E-state index contributed by atoms with van der Waals surface area (Å²) in [5, 5.41) is 0. The van der Waals surface area contributed by atoms with Gasteiger partial charge in [-0.15, -0.1) is 0 Å². The summed E-state index contributed by atoms with van der Waals surface area (Å²) in [4.78, 5) is 24.6. The van der Waals surface area contributed by atoms with Gasteiger partial charge in [-0.3, -0.25) is 0 Å². The Balaban J connectivity index is 1.43. The lowest BCUT2D eigenvalue weighted by Gasteiger charge is -2.29. The molecule has 144 valence electrons. The van der Waals surface area contributed by atoms with Crippen LogP contribution in [0.1, 0.15) is 6.42 Å². The minimum absolute atomic E-state index is 0.350. The van der Waals surface area contributed by atoms with E-state index in [1.807, 2.05) is 12.3 Å². The zero-order valence-electron chi connectivity index (χ0n) is 15.8. The van der Waals surface area contributed by atoms with Crippen LogP contribution in [0.3, 0.4) is 0 Å². The Morgan fingerprint density at radius 1 is 1.07 bits per heavy atom. The SMILES string of the molecule is COc1cnc(N2CCC(N(C)c3ccnc(N4CCOCC4)n3)C2)nc1. The Kier molecular flexibility index (Phi) is 5.19. The molecule has 0 radical (unpaired) electrons. The van der Waals surface area contributed by atoms with Crippen LogP contribution in [0, 0.1) is 0 Å². The van der Waals surface area contributed by atoms with Crippen LogP contribution in [-0.4, -0.2) is 79.5 Å². The Bertz CT molecular complexity index is 752. The van der Waals surface area contributed by atoms with Gasteiger partial charge in [0, 0.05) is 45.5 Å². The average Bonchev–Trinajstić information content (AvgIpc) is 3.24. The van der Waals surface area contributed by atoms with E-state index in [2.05, 4.69) is 36.7 Å². The number of anilines is 3. The van der Waals surface area contributed by atoms with Crippen molar-refractivity contribution < 1.29 is 9.47 Å². The first-order chi connectivity index (χ1) is 13.2. The molecule has 2 saturated heterocycles. The van der Waals surface area contributed by atoms with E-state index >= 15 is 0 Å². The Hall–Kier alpha value is -2.68. The number of hydrogen-bond acceptors (Lipinski definition) is 9. The molecule has 9 nitrogen and oxygen atoms in total. The first-order valence-corrected chi connectivity index (χ1v) is 9.24. The largest absolute Gasteiger partial charge is 0.494 e. The van der Waals surface area contributed by atoms with Crippen LogP contribution >= 0.6 is 0 Å². The van der Waals surface area contributed by atoms with Crippen LogP contribution in [0.4, 0.5) is 17.7 Å². The molecular formula is C18H25N7O2. The van der Waals surface area contributed by atoms with Crippen molar-refractivity contribution in [2.75, 3.05) is 68.2 Å². The maximum Gasteiger partial charge on any atom is 0.227 e. The third kappa shape index (κ3) is 3.87. The van der Waals surface area contributed by atoms with Crippen LogP contribution in [0.15, 0.2) is 24.7 Å². The topological polar surface area (TPSA) is 79.7 Å². The standard InChI is InChI=1S/C18H25N7O2/c1-23(16-3-5-19-18(22-16)24-7-9-27-10-8-24)14-4-6-25(13-14)17-20-11-15(26-2)12-21-17/h3,5,11-12,14H,4,6-10,13H2,1-2H3. The molecule has 0 aliphatic carbocycles. The summed E-state index contributed by atoms with van der Waals surface area (Å²) in [5.41, 5.74) is 0. The van der Waals surface area contributed by atoms with Gasteiger partial charge in [0.15, 0.2) is 5.75 Å². The molecule has 2 aromatic rings. The van der Waals surface area contributed by atoms with E-state index in [0.717, 1.165) is 63.5 Å². The molecule has 0 bridgehead atoms. The maximum absolute atomic E-state index is 5.42. The molecule has 0 N–H and O–H groups in total. The molecule has 4 heterocycles. The number of likely N-dealkylation sites (N-methyl/N-ethyl adjacent to an activating group) is 1. The molecule has 4 rings (SSSR count). The minimum atomic E-state index is 0.350. The number of methoxy groups -OCH3 is 1. The fourth-order valence-electron chi connectivity index (χ4n) is 3.46. The molecule has 2 aliphatic heterocycles. The first-order valence-electron chi connectivity index (χ1n) is 9.24. The molecule has 0 amide bonds. The maximum atomic E-state index is 5.42. The van der Waals surface area contributed by atoms with E-state index in [-0.39, 0.29) is 0 Å². The molecule has 2 fully saturated rings. The predicted octanol–water partition coefficient (Wildman–Crippen LogP) is 0.827. The molecule has 2 aromatic heterocycles. The highest BCUT2D eigenvalue weighted by Crippen LogP contribution is 2.24. The summed E-state index contributed by atoms with van der Waals surface area (Å²) >= 11 is 0. The molecule has 9 heteroatoms. The van der Waals surface area contributed by atoms with Gasteiger partial charge in [0.05, 0.1) is 32.7 Å². The molecule has 27 heavy (non-hydrogen) atoms. The van der Waals surface area contributed by atoms with Gasteiger partial charge in [0.25, 0.3) is 0 Å². The van der Waals surface area contributed by atoms with Crippen molar-refractivity contribution in [1.82, 2.24) is 19.9 Å². The quantitative estimate of drug-likeness (QED) is 0.759. The van der Waals surface area contributed by atoms with Crippen LogP contribution in [-0.2, 0) is 4.74 Å². The number of ether oxygens (including phenoxy) is 2. The summed E-state index contributed by atoms with van der Waals surface area (Å²) in [6, 6.07) is 2.32. The first kappa shape index (κ1) is 17.7. The van der Waals surface area contributed by atoms with Crippen LogP contribution in [0.5, 0.6) is 5.75 Å². The number of nitrogens with zero attached hydrogens (tertiary/aromatic N) is 7. The van der Waals surface area contributed by atoms with Crippen molar-refractivity contribution in [3.8, 4) is 5.75 Å². The van der Waals surface area contributed by atoms with Crippen molar-refractivity contribution >= 4 is 17.7 Å². The monoisotopic (exact) mass is 371 g/mol. The fraction of sp³-hybridized carbons (Fsp3) is 0.556. The molecule has 0 saturated carbocycles. The zero-order chi connectivity index (χ0) is 18.6. The van der Waals surface area contributed by atoms with Gasteiger partial charge in [-0.1, -0.05) is 0 Å². The summed E-state index contributed by atoms with van der Waals surface area (Å²) in [5.74, 6) is 3.12. The van der Waals surface area contributed by atoms with Crippen molar-refractivity contribution in [2.24, 2.45) is 0 Å². The third-order valence-corrected chi connectivity index (χ3v) is 5.13. The predicted molar refractivity (Wildman–Crippen MR) is 103 cm³/mol. The molecule has 2 aliphatic rings. The van der Waals surface area contributed by atoms with E-state index in [9.17, 15) is 0 Å². The molecule has 0 spiro atoms. The minimum Gasteiger partial charge on any atom is -0.494 e. The highest BCUT2D eigenvalue weighted by atomic mass is 16.5. The summed E-state index contributed by atoms with van der Waals surface area (Å²) < 4.78 is 10.5. The molecule has 1 unspecified atom stereocenters. The Morgan fingerprint density at radius 3 is 2.59 bits per heavy atom. The second-order valence-corrected chi connectivity index (χ2v) is 6.74. The van der Waals surface area contributed by atoms with Gasteiger partial charge in [-0.2, -0.15) is 4.98 Å². The molecule has 1 atom stereocenters. The molecular weight excluding hydrogens is 346 g/mol. The normalized spacial score (nSPS) is 20.0. The second kappa shape index (κ2) is 7.91. The lowest BCUT2D eigenvalue weighted by atomic mass is 10.2. The van der Waals surface area contributed by atoms with Crippen molar-refractivity contribution in [3.05, 3.63) is 24.7 Å². The van der Waals surface area contributed by atoms with Crippen LogP contribution in [0.25, 0.3) is 0 Å². The van der Waals surface area contributed by atoms with Gasteiger partial charge < -0.3 is 24.2 Å². The number of hydrogen-bond donors (Lipinski definition) is 0. The highest BCUT2D eigenvalue weighted by Gasteiger charge is 2.28. The average molecular weight is 371 g/mol. The van der Waals surface area contributed by atoms with Gasteiger partial charge in [-0.05, 0) is 12.5 Å². The summed E-state index contributed by atoms with van der Waals surface area (Å²) in [6.45, 7) is 4.90. The van der Waals surface area contributed by atoms with Gasteiger partial charge in [0.1, 0.15) is 5.82 Å². The van der Waals surface area contributed by atoms with E-state index in [1.54, 1.807) is 19.5 Å². The van der Waals surface area contributed by atoms with E-state index < -0.39 is 0 Å². The van der Waals surface area contributed by atoms with Gasteiger partial charge >= 0.3 is 0 Å². The van der Waals surface area contributed by atoms with Gasteiger partial charge in [0.2, 0.25) is 11.9 Å². The van der Waals surface area contributed by atoms with Crippen LogP contribution < -0.4 is 19.4 Å². The summed E-state index contributed by atoms with van der Waals surface area (Å²) in [7, 11) is 3.71.